The summed E-state index contributed by atoms with van der Waals surface area (Å²) >= 11 is 0. The molecule has 2 rings (SSSR count). The number of nitrogens with zero attached hydrogens (tertiary/aromatic N) is 1. The fraction of sp³-hybridized carbons (Fsp3) is 0.933. The molecule has 1 atom stereocenters. The largest absolute Gasteiger partial charge is 0.378 e. The second kappa shape index (κ2) is 6.16. The fourth-order valence-electron chi connectivity index (χ4n) is 3.10. The number of rotatable bonds is 5. The van der Waals surface area contributed by atoms with Gasteiger partial charge in [-0.05, 0) is 59.0 Å². The SMILES string of the molecule is CC(C)(C(=O)CCC1CCCO1)N1CCCCC1. The van der Waals surface area contributed by atoms with Crippen LogP contribution < -0.4 is 0 Å². The Kier molecular flexibility index (Phi) is 4.79. The molecule has 18 heavy (non-hydrogen) atoms. The Morgan fingerprint density at radius 1 is 1.22 bits per heavy atom. The van der Waals surface area contributed by atoms with Crippen molar-refractivity contribution in [1.29, 1.82) is 0 Å². The normalized spacial score (nSPS) is 26.4. The van der Waals surface area contributed by atoms with Gasteiger partial charge in [-0.1, -0.05) is 6.42 Å². The van der Waals surface area contributed by atoms with E-state index in [9.17, 15) is 4.79 Å². The van der Waals surface area contributed by atoms with Crippen molar-refractivity contribution in [2.75, 3.05) is 19.7 Å². The molecule has 0 aromatic carbocycles. The molecule has 3 nitrogen and oxygen atoms in total. The van der Waals surface area contributed by atoms with Crippen molar-refractivity contribution in [3.63, 3.8) is 0 Å². The lowest BCUT2D eigenvalue weighted by atomic mass is 9.90. The Balaban J connectivity index is 1.81. The van der Waals surface area contributed by atoms with E-state index in [-0.39, 0.29) is 5.54 Å². The molecule has 0 aliphatic carbocycles. The summed E-state index contributed by atoms with van der Waals surface area (Å²) < 4.78 is 5.60. The highest BCUT2D eigenvalue weighted by Crippen LogP contribution is 2.25. The van der Waals surface area contributed by atoms with E-state index in [0.29, 0.717) is 18.3 Å². The van der Waals surface area contributed by atoms with E-state index in [2.05, 4.69) is 18.7 Å². The zero-order chi connectivity index (χ0) is 13.0. The lowest BCUT2D eigenvalue weighted by molar-refractivity contribution is -0.130. The van der Waals surface area contributed by atoms with Gasteiger partial charge in [0, 0.05) is 13.0 Å². The maximum Gasteiger partial charge on any atom is 0.152 e. The average molecular weight is 253 g/mol. The Morgan fingerprint density at radius 3 is 2.56 bits per heavy atom. The molecule has 0 spiro atoms. The van der Waals surface area contributed by atoms with Crippen LogP contribution in [0, 0.1) is 0 Å². The number of hydrogen-bond donors (Lipinski definition) is 0. The molecule has 2 fully saturated rings. The number of ether oxygens (including phenoxy) is 1. The smallest absolute Gasteiger partial charge is 0.152 e. The third-order valence-electron chi connectivity index (χ3n) is 4.55. The summed E-state index contributed by atoms with van der Waals surface area (Å²) in [4.78, 5) is 14.8. The van der Waals surface area contributed by atoms with Crippen LogP contribution in [-0.4, -0.2) is 42.0 Å². The van der Waals surface area contributed by atoms with Crippen LogP contribution in [0.5, 0.6) is 0 Å². The first-order chi connectivity index (χ1) is 8.60. The minimum Gasteiger partial charge on any atom is -0.378 e. The second-order valence-electron chi connectivity index (χ2n) is 6.20. The topological polar surface area (TPSA) is 29.5 Å². The highest BCUT2D eigenvalue weighted by Gasteiger charge is 2.34. The van der Waals surface area contributed by atoms with Gasteiger partial charge < -0.3 is 4.74 Å². The van der Waals surface area contributed by atoms with Gasteiger partial charge in [0.15, 0.2) is 5.78 Å². The maximum atomic E-state index is 12.4. The molecule has 0 aromatic heterocycles. The third kappa shape index (κ3) is 3.33. The summed E-state index contributed by atoms with van der Waals surface area (Å²) in [7, 11) is 0. The summed E-state index contributed by atoms with van der Waals surface area (Å²) in [5.74, 6) is 0.389. The van der Waals surface area contributed by atoms with Crippen molar-refractivity contribution in [2.24, 2.45) is 0 Å². The Labute approximate surface area is 111 Å². The van der Waals surface area contributed by atoms with E-state index in [1.807, 2.05) is 0 Å². The van der Waals surface area contributed by atoms with Crippen LogP contribution in [0.3, 0.4) is 0 Å². The molecule has 3 heteroatoms. The van der Waals surface area contributed by atoms with E-state index in [1.165, 1.54) is 19.3 Å². The van der Waals surface area contributed by atoms with Crippen molar-refractivity contribution >= 4 is 5.78 Å². The van der Waals surface area contributed by atoms with Crippen LogP contribution >= 0.6 is 0 Å². The summed E-state index contributed by atoms with van der Waals surface area (Å²) in [5.41, 5.74) is -0.279. The number of carbonyl (C=O) groups excluding carboxylic acids is 1. The standard InChI is InChI=1S/C15H27NO2/c1-15(2,16-10-4-3-5-11-16)14(17)9-8-13-7-6-12-18-13/h13H,3-12H2,1-2H3. The first-order valence-electron chi connectivity index (χ1n) is 7.50. The molecule has 0 saturated carbocycles. The number of piperidine rings is 1. The Bertz CT molecular complexity index is 276. The molecule has 104 valence electrons. The molecule has 0 radical (unpaired) electrons. The summed E-state index contributed by atoms with van der Waals surface area (Å²) in [6.45, 7) is 7.23. The first-order valence-corrected chi connectivity index (χ1v) is 7.50. The average Bonchev–Trinajstić information content (AvgIpc) is 2.90. The monoisotopic (exact) mass is 253 g/mol. The Hall–Kier alpha value is -0.410. The highest BCUT2D eigenvalue weighted by atomic mass is 16.5. The third-order valence-corrected chi connectivity index (χ3v) is 4.55. The van der Waals surface area contributed by atoms with Gasteiger partial charge in [0.05, 0.1) is 11.6 Å². The van der Waals surface area contributed by atoms with Gasteiger partial charge in [0.25, 0.3) is 0 Å². The minimum atomic E-state index is -0.279. The van der Waals surface area contributed by atoms with E-state index in [4.69, 9.17) is 4.74 Å². The van der Waals surface area contributed by atoms with Gasteiger partial charge >= 0.3 is 0 Å². The van der Waals surface area contributed by atoms with Crippen molar-refractivity contribution in [1.82, 2.24) is 4.90 Å². The van der Waals surface area contributed by atoms with Crippen molar-refractivity contribution in [3.05, 3.63) is 0 Å². The number of likely N-dealkylation sites (tertiary alicyclic amines) is 1. The van der Waals surface area contributed by atoms with E-state index in [1.54, 1.807) is 0 Å². The molecule has 2 aliphatic heterocycles. The summed E-state index contributed by atoms with van der Waals surface area (Å²) in [6, 6.07) is 0. The summed E-state index contributed by atoms with van der Waals surface area (Å²) in [5, 5.41) is 0. The van der Waals surface area contributed by atoms with Crippen LogP contribution in [0.15, 0.2) is 0 Å². The van der Waals surface area contributed by atoms with Crippen molar-refractivity contribution in [2.45, 2.75) is 70.4 Å². The molecule has 2 aliphatic rings. The quantitative estimate of drug-likeness (QED) is 0.754. The number of Topliss-reactive ketones (excluding diaryl/α,β-unsaturated/α-hetero) is 1. The van der Waals surface area contributed by atoms with Crippen LogP contribution in [0.25, 0.3) is 0 Å². The first kappa shape index (κ1) is 14.0. The van der Waals surface area contributed by atoms with Crippen LogP contribution in [-0.2, 0) is 9.53 Å². The molecular formula is C15H27NO2. The van der Waals surface area contributed by atoms with Crippen LogP contribution in [0.1, 0.15) is 58.8 Å². The fourth-order valence-corrected chi connectivity index (χ4v) is 3.10. The van der Waals surface area contributed by atoms with Crippen LogP contribution in [0.2, 0.25) is 0 Å². The lowest BCUT2D eigenvalue weighted by Crippen LogP contribution is -2.52. The van der Waals surface area contributed by atoms with Gasteiger partial charge in [-0.3, -0.25) is 9.69 Å². The lowest BCUT2D eigenvalue weighted by Gasteiger charge is -2.40. The predicted octanol–water partition coefficient (Wildman–Crippen LogP) is 2.78. The minimum absolute atomic E-state index is 0.279. The van der Waals surface area contributed by atoms with Gasteiger partial charge in [0.2, 0.25) is 0 Å². The predicted molar refractivity (Wildman–Crippen MR) is 72.7 cm³/mol. The Morgan fingerprint density at radius 2 is 1.94 bits per heavy atom. The molecular weight excluding hydrogens is 226 g/mol. The van der Waals surface area contributed by atoms with Crippen LogP contribution in [0.4, 0.5) is 0 Å². The number of hydrogen-bond acceptors (Lipinski definition) is 3. The van der Waals surface area contributed by atoms with E-state index < -0.39 is 0 Å². The molecule has 1 unspecified atom stereocenters. The zero-order valence-corrected chi connectivity index (χ0v) is 11.9. The maximum absolute atomic E-state index is 12.4. The molecule has 2 heterocycles. The number of carbonyl (C=O) groups is 1. The van der Waals surface area contributed by atoms with Gasteiger partial charge in [-0.2, -0.15) is 0 Å². The van der Waals surface area contributed by atoms with Gasteiger partial charge in [-0.25, -0.2) is 0 Å². The van der Waals surface area contributed by atoms with Gasteiger partial charge in [-0.15, -0.1) is 0 Å². The van der Waals surface area contributed by atoms with E-state index in [0.717, 1.165) is 39.0 Å². The zero-order valence-electron chi connectivity index (χ0n) is 11.9. The molecule has 2 saturated heterocycles. The van der Waals surface area contributed by atoms with Crippen molar-refractivity contribution < 1.29 is 9.53 Å². The molecule has 0 aromatic rings. The number of ketones is 1. The molecule has 0 bridgehead atoms. The van der Waals surface area contributed by atoms with E-state index >= 15 is 0 Å². The van der Waals surface area contributed by atoms with Crippen molar-refractivity contribution in [3.8, 4) is 0 Å². The van der Waals surface area contributed by atoms with Gasteiger partial charge in [0.1, 0.15) is 0 Å². The highest BCUT2D eigenvalue weighted by molar-refractivity contribution is 5.87. The molecule has 0 N–H and O–H groups in total. The second-order valence-corrected chi connectivity index (χ2v) is 6.20. The summed E-state index contributed by atoms with van der Waals surface area (Å²) in [6.07, 6.45) is 8.02. The molecule has 0 amide bonds.